The molecule has 0 bridgehead atoms. The number of ketones is 1. The number of hydrogen-bond acceptors (Lipinski definition) is 3. The molecule has 0 heterocycles. The van der Waals surface area contributed by atoms with Crippen LogP contribution in [0.3, 0.4) is 0 Å². The summed E-state index contributed by atoms with van der Waals surface area (Å²) in [4.78, 5) is 23.3. The fourth-order valence-corrected chi connectivity index (χ4v) is 2.66. The first-order valence-electron chi connectivity index (χ1n) is 7.68. The van der Waals surface area contributed by atoms with Crippen molar-refractivity contribution in [2.45, 2.75) is 13.1 Å². The average Bonchev–Trinajstić information content (AvgIpc) is 2.57. The number of ether oxygens (including phenoxy) is 1. The molecule has 2 aromatic rings. The van der Waals surface area contributed by atoms with Crippen LogP contribution < -0.4 is 10.5 Å². The molecule has 8 heteroatoms. The van der Waals surface area contributed by atoms with E-state index in [9.17, 15) is 22.8 Å². The zero-order chi connectivity index (χ0) is 20.2. The second kappa shape index (κ2) is 8.39. The van der Waals surface area contributed by atoms with Crippen LogP contribution in [0.25, 0.3) is 6.08 Å². The third-order valence-corrected chi connectivity index (χ3v) is 3.92. The van der Waals surface area contributed by atoms with Crippen LogP contribution in [0, 0.1) is 6.92 Å². The number of alkyl halides is 3. The lowest BCUT2D eigenvalue weighted by Gasteiger charge is -2.09. The van der Waals surface area contributed by atoms with Gasteiger partial charge < -0.3 is 10.5 Å². The zero-order valence-corrected chi connectivity index (χ0v) is 15.7. The molecule has 4 nitrogen and oxygen atoms in total. The van der Waals surface area contributed by atoms with Gasteiger partial charge in [-0.25, -0.2) is 0 Å². The Labute approximate surface area is 161 Å². The molecular weight excluding hydrogens is 427 g/mol. The lowest BCUT2D eigenvalue weighted by atomic mass is 10.0. The summed E-state index contributed by atoms with van der Waals surface area (Å²) in [5.74, 6) is -1.05. The number of carbonyl (C=O) groups excluding carboxylic acids is 2. The van der Waals surface area contributed by atoms with E-state index in [1.165, 1.54) is 24.3 Å². The van der Waals surface area contributed by atoms with E-state index in [1.807, 2.05) is 0 Å². The summed E-state index contributed by atoms with van der Waals surface area (Å²) >= 11 is 3.23. The van der Waals surface area contributed by atoms with Crippen molar-refractivity contribution >= 4 is 33.7 Å². The lowest BCUT2D eigenvalue weighted by Crippen LogP contribution is -2.20. The first kappa shape index (κ1) is 20.7. The van der Waals surface area contributed by atoms with Crippen LogP contribution in [-0.2, 0) is 11.0 Å². The maximum atomic E-state index is 12.9. The topological polar surface area (TPSA) is 69.4 Å². The first-order valence-corrected chi connectivity index (χ1v) is 8.47. The van der Waals surface area contributed by atoms with Crippen LogP contribution in [0.2, 0.25) is 0 Å². The summed E-state index contributed by atoms with van der Waals surface area (Å²) in [6.07, 6.45) is -2.03. The predicted molar refractivity (Wildman–Crippen MR) is 98.4 cm³/mol. The molecule has 0 aliphatic rings. The molecule has 1 amide bonds. The van der Waals surface area contributed by atoms with Crippen molar-refractivity contribution < 1.29 is 27.5 Å². The van der Waals surface area contributed by atoms with E-state index in [-0.39, 0.29) is 16.9 Å². The van der Waals surface area contributed by atoms with E-state index >= 15 is 0 Å². The summed E-state index contributed by atoms with van der Waals surface area (Å²) < 4.78 is 44.5. The maximum absolute atomic E-state index is 12.9. The highest BCUT2D eigenvalue weighted by Crippen LogP contribution is 2.31. The van der Waals surface area contributed by atoms with Gasteiger partial charge in [-0.3, -0.25) is 9.59 Å². The summed E-state index contributed by atoms with van der Waals surface area (Å²) in [6.45, 7) is 1.14. The number of allylic oxidation sites excluding steroid dienone is 1. The number of amides is 1. The van der Waals surface area contributed by atoms with Gasteiger partial charge in [0.1, 0.15) is 5.75 Å². The fraction of sp³-hybridized carbons (Fsp3) is 0.158. The van der Waals surface area contributed by atoms with Crippen molar-refractivity contribution in [1.29, 1.82) is 0 Å². The Balaban J connectivity index is 2.31. The molecule has 0 atom stereocenters. The monoisotopic (exact) mass is 441 g/mol. The van der Waals surface area contributed by atoms with E-state index in [0.29, 0.717) is 10.0 Å². The molecule has 0 saturated carbocycles. The molecule has 0 fully saturated rings. The van der Waals surface area contributed by atoms with Crippen molar-refractivity contribution in [2.75, 3.05) is 6.61 Å². The van der Waals surface area contributed by atoms with Gasteiger partial charge in [-0.15, -0.1) is 0 Å². The molecule has 0 aliphatic carbocycles. The van der Waals surface area contributed by atoms with Gasteiger partial charge in [0.2, 0.25) is 0 Å². The van der Waals surface area contributed by atoms with Gasteiger partial charge in [-0.05, 0) is 54.5 Å². The van der Waals surface area contributed by atoms with Gasteiger partial charge in [0.05, 0.1) is 11.1 Å². The SMILES string of the molecule is Cc1cc(/C=C/C(=O)c2cc(Br)ccc2OCC(N)=O)cc(C(F)(F)F)c1. The van der Waals surface area contributed by atoms with Crippen molar-refractivity contribution in [1.82, 2.24) is 0 Å². The largest absolute Gasteiger partial charge is 0.483 e. The molecule has 0 radical (unpaired) electrons. The van der Waals surface area contributed by atoms with Crippen molar-refractivity contribution in [3.63, 3.8) is 0 Å². The zero-order valence-electron chi connectivity index (χ0n) is 14.1. The molecule has 0 aromatic heterocycles. The predicted octanol–water partition coefficient (Wildman–Crippen LogP) is 4.54. The molecule has 0 unspecified atom stereocenters. The molecule has 2 rings (SSSR count). The lowest BCUT2D eigenvalue weighted by molar-refractivity contribution is -0.137. The summed E-state index contributed by atoms with van der Waals surface area (Å²) in [5, 5.41) is 0. The normalized spacial score (nSPS) is 11.6. The number of primary amides is 1. The molecule has 27 heavy (non-hydrogen) atoms. The van der Waals surface area contributed by atoms with Crippen LogP contribution in [-0.4, -0.2) is 18.3 Å². The quantitative estimate of drug-likeness (QED) is 0.528. The van der Waals surface area contributed by atoms with Crippen LogP contribution in [0.1, 0.15) is 27.0 Å². The van der Waals surface area contributed by atoms with E-state index < -0.39 is 30.0 Å². The highest BCUT2D eigenvalue weighted by Gasteiger charge is 2.30. The highest BCUT2D eigenvalue weighted by molar-refractivity contribution is 9.10. The Morgan fingerprint density at radius 2 is 1.89 bits per heavy atom. The smallest absolute Gasteiger partial charge is 0.416 e. The number of benzene rings is 2. The molecule has 2 N–H and O–H groups in total. The Morgan fingerprint density at radius 1 is 1.19 bits per heavy atom. The van der Waals surface area contributed by atoms with E-state index in [4.69, 9.17) is 10.5 Å². The number of rotatable bonds is 6. The third kappa shape index (κ3) is 5.96. The molecule has 0 saturated heterocycles. The molecule has 0 spiro atoms. The van der Waals surface area contributed by atoms with Crippen molar-refractivity contribution in [3.8, 4) is 5.75 Å². The molecule has 2 aromatic carbocycles. The van der Waals surface area contributed by atoms with Gasteiger partial charge in [0.15, 0.2) is 12.4 Å². The fourth-order valence-electron chi connectivity index (χ4n) is 2.30. The molecular formula is C19H15BrF3NO3. The maximum Gasteiger partial charge on any atom is 0.416 e. The summed E-state index contributed by atoms with van der Waals surface area (Å²) in [6, 6.07) is 8.12. The van der Waals surface area contributed by atoms with Crippen molar-refractivity contribution in [3.05, 3.63) is 69.2 Å². The first-order chi connectivity index (χ1) is 12.6. The van der Waals surface area contributed by atoms with E-state index in [2.05, 4.69) is 15.9 Å². The summed E-state index contributed by atoms with van der Waals surface area (Å²) in [5.41, 5.74) is 5.05. The Hall–Kier alpha value is -2.61. The minimum atomic E-state index is -4.47. The Morgan fingerprint density at radius 3 is 2.52 bits per heavy atom. The van der Waals surface area contributed by atoms with Gasteiger partial charge >= 0.3 is 6.18 Å². The number of hydrogen-bond donors (Lipinski definition) is 1. The highest BCUT2D eigenvalue weighted by atomic mass is 79.9. The number of nitrogens with two attached hydrogens (primary N) is 1. The van der Waals surface area contributed by atoms with Gasteiger partial charge in [-0.2, -0.15) is 13.2 Å². The second-order valence-electron chi connectivity index (χ2n) is 5.72. The van der Waals surface area contributed by atoms with Crippen LogP contribution >= 0.6 is 15.9 Å². The third-order valence-electron chi connectivity index (χ3n) is 3.43. The minimum Gasteiger partial charge on any atom is -0.483 e. The van der Waals surface area contributed by atoms with Gasteiger partial charge in [0.25, 0.3) is 5.91 Å². The number of halogens is 4. The van der Waals surface area contributed by atoms with E-state index in [0.717, 1.165) is 18.2 Å². The van der Waals surface area contributed by atoms with Crippen LogP contribution in [0.4, 0.5) is 13.2 Å². The Kier molecular flexibility index (Phi) is 6.43. The van der Waals surface area contributed by atoms with Crippen LogP contribution in [0.5, 0.6) is 5.75 Å². The van der Waals surface area contributed by atoms with Crippen molar-refractivity contribution in [2.24, 2.45) is 5.73 Å². The van der Waals surface area contributed by atoms with Gasteiger partial charge in [-0.1, -0.05) is 28.1 Å². The number of carbonyl (C=O) groups is 2. The molecule has 142 valence electrons. The minimum absolute atomic E-state index is 0.144. The average molecular weight is 442 g/mol. The number of aryl methyl sites for hydroxylation is 1. The molecule has 0 aliphatic heterocycles. The Bertz CT molecular complexity index is 908. The van der Waals surface area contributed by atoms with Gasteiger partial charge in [0, 0.05) is 4.47 Å². The standard InChI is InChI=1S/C19H15BrF3NO3/c1-11-6-12(8-13(7-11)19(21,22)23)2-4-16(25)15-9-14(20)3-5-17(15)27-10-18(24)26/h2-9H,10H2,1H3,(H2,24,26)/b4-2+. The second-order valence-corrected chi connectivity index (χ2v) is 6.64. The summed E-state index contributed by atoms with van der Waals surface area (Å²) in [7, 11) is 0. The van der Waals surface area contributed by atoms with E-state index in [1.54, 1.807) is 13.0 Å². The van der Waals surface area contributed by atoms with Crippen LogP contribution in [0.15, 0.2) is 46.9 Å².